The van der Waals surface area contributed by atoms with Gasteiger partial charge in [-0.25, -0.2) is 0 Å². The molecule has 0 aromatic carbocycles. The van der Waals surface area contributed by atoms with Crippen LogP contribution in [0.25, 0.3) is 0 Å². The molecule has 0 aromatic rings. The van der Waals surface area contributed by atoms with Crippen molar-refractivity contribution in [2.75, 3.05) is 0 Å². The van der Waals surface area contributed by atoms with E-state index < -0.39 is 30.0 Å². The minimum Gasteiger partial charge on any atom is -0.828 e. The summed E-state index contributed by atoms with van der Waals surface area (Å²) in [6, 6.07) is 0. The molecule has 0 saturated carbocycles. The van der Waals surface area contributed by atoms with E-state index in [1.54, 1.807) is 0 Å². The maximum atomic E-state index is 12.0. The van der Waals surface area contributed by atoms with Crippen LogP contribution < -0.4 is 5.11 Å². The summed E-state index contributed by atoms with van der Waals surface area (Å²) >= 11 is 0. The van der Waals surface area contributed by atoms with E-state index in [0.717, 1.165) is 13.8 Å². The topological polar surface area (TPSA) is 49.4 Å². The van der Waals surface area contributed by atoms with Gasteiger partial charge in [0, 0.05) is 0 Å². The van der Waals surface area contributed by atoms with Gasteiger partial charge in [-0.3, -0.25) is 4.79 Å². The van der Waals surface area contributed by atoms with Gasteiger partial charge in [-0.2, -0.15) is 26.3 Å². The number of rotatable bonds is 2. The second kappa shape index (κ2) is 4.11. The van der Waals surface area contributed by atoms with Crippen LogP contribution in [0.4, 0.5) is 26.3 Å². The first-order valence-electron chi connectivity index (χ1n) is 3.89. The number of alkyl halides is 6. The van der Waals surface area contributed by atoms with Gasteiger partial charge in [-0.05, 0) is 13.8 Å². The first-order valence-corrected chi connectivity index (χ1v) is 3.89. The van der Waals surface area contributed by atoms with E-state index in [1.165, 1.54) is 0 Å². The van der Waals surface area contributed by atoms with Crippen LogP contribution in [-0.4, -0.2) is 30.0 Å². The molecule has 0 aromatic heterocycles. The highest BCUT2D eigenvalue weighted by atomic mass is 19.4. The third-order valence-electron chi connectivity index (χ3n) is 1.43. The number of esters is 1. The summed E-state index contributed by atoms with van der Waals surface area (Å²) in [5.74, 6) is -2.90. The van der Waals surface area contributed by atoms with Crippen LogP contribution in [0.15, 0.2) is 0 Å². The summed E-state index contributed by atoms with van der Waals surface area (Å²) < 4.78 is 75.5. The zero-order chi connectivity index (χ0) is 13.4. The van der Waals surface area contributed by atoms with E-state index in [1.807, 2.05) is 0 Å². The van der Waals surface area contributed by atoms with Crippen molar-refractivity contribution in [3.63, 3.8) is 0 Å². The molecule has 0 atom stereocenters. The number of halogens is 6. The number of hydrogen-bond donors (Lipinski definition) is 0. The summed E-state index contributed by atoms with van der Waals surface area (Å²) in [5, 5.41) is 10.7. The quantitative estimate of drug-likeness (QED) is 0.548. The Kier molecular flexibility index (Phi) is 3.86. The lowest BCUT2D eigenvalue weighted by molar-refractivity contribution is -0.574. The van der Waals surface area contributed by atoms with E-state index in [2.05, 4.69) is 4.74 Å². The largest absolute Gasteiger partial charge is 0.828 e. The van der Waals surface area contributed by atoms with Gasteiger partial charge < -0.3 is 9.84 Å². The molecule has 0 aliphatic rings. The van der Waals surface area contributed by atoms with E-state index in [0.29, 0.717) is 0 Å². The van der Waals surface area contributed by atoms with Gasteiger partial charge in [0.25, 0.3) is 0 Å². The van der Waals surface area contributed by atoms with Gasteiger partial charge in [0.1, 0.15) is 0 Å². The molecule has 0 amide bonds. The molecule has 0 unspecified atom stereocenters. The highest BCUT2D eigenvalue weighted by molar-refractivity contribution is 5.81. The second-order valence-corrected chi connectivity index (χ2v) is 3.13. The Morgan fingerprint density at radius 3 is 1.56 bits per heavy atom. The van der Waals surface area contributed by atoms with Crippen molar-refractivity contribution in [3.05, 3.63) is 0 Å². The number of hydrogen-bond acceptors (Lipinski definition) is 3. The fourth-order valence-corrected chi connectivity index (χ4v) is 0.689. The van der Waals surface area contributed by atoms with E-state index in [-0.39, 0.29) is 0 Å². The van der Waals surface area contributed by atoms with Crippen LogP contribution >= 0.6 is 0 Å². The molecule has 0 spiro atoms. The van der Waals surface area contributed by atoms with Crippen molar-refractivity contribution < 1.29 is 41.0 Å². The van der Waals surface area contributed by atoms with Crippen molar-refractivity contribution in [2.45, 2.75) is 37.9 Å². The molecule has 0 aliphatic heterocycles. The van der Waals surface area contributed by atoms with Crippen molar-refractivity contribution in [1.29, 1.82) is 0 Å². The minimum atomic E-state index is -6.31. The molecule has 0 bridgehead atoms. The van der Waals surface area contributed by atoms with Crippen molar-refractivity contribution >= 4 is 5.97 Å². The van der Waals surface area contributed by atoms with Gasteiger partial charge >= 0.3 is 18.3 Å². The summed E-state index contributed by atoms with van der Waals surface area (Å²) in [6.07, 6.45) is -13.9. The van der Waals surface area contributed by atoms with Gasteiger partial charge in [0.15, 0.2) is 5.60 Å². The SMILES string of the molecule is CC(C)OC(=O)C([O-])(C(F)(F)F)C(F)(F)F. The van der Waals surface area contributed by atoms with Crippen LogP contribution in [0, 0.1) is 0 Å². The predicted molar refractivity (Wildman–Crippen MR) is 36.1 cm³/mol. The standard InChI is InChI=1S/C7H7F6O3/c1-3(2)16-4(14)5(15,6(8,9)10)7(11,12)13/h3H,1-2H3/q-1. The Hall–Kier alpha value is -0.990. The van der Waals surface area contributed by atoms with Gasteiger partial charge in [-0.1, -0.05) is 0 Å². The molecule has 0 rings (SSSR count). The van der Waals surface area contributed by atoms with Crippen LogP contribution in [0.5, 0.6) is 0 Å². The Morgan fingerprint density at radius 2 is 1.38 bits per heavy atom. The van der Waals surface area contributed by atoms with Crippen LogP contribution in [-0.2, 0) is 9.53 Å². The Labute approximate surface area is 86.0 Å². The molecule has 9 heteroatoms. The average molecular weight is 253 g/mol. The number of carbonyl (C=O) groups excluding carboxylic acids is 1. The fourth-order valence-electron chi connectivity index (χ4n) is 0.689. The third-order valence-corrected chi connectivity index (χ3v) is 1.43. The molecular formula is C7H7F6O3-. The van der Waals surface area contributed by atoms with E-state index in [4.69, 9.17) is 0 Å². The molecule has 0 saturated heterocycles. The molecule has 0 fully saturated rings. The summed E-state index contributed by atoms with van der Waals surface area (Å²) in [7, 11) is 0. The van der Waals surface area contributed by atoms with Crippen LogP contribution in [0.2, 0.25) is 0 Å². The van der Waals surface area contributed by atoms with E-state index >= 15 is 0 Å². The second-order valence-electron chi connectivity index (χ2n) is 3.13. The third kappa shape index (κ3) is 2.57. The minimum absolute atomic E-state index is 1.02. The normalized spacial score (nSPS) is 14.1. The molecule has 0 heterocycles. The lowest BCUT2D eigenvalue weighted by atomic mass is 10.0. The van der Waals surface area contributed by atoms with Crippen molar-refractivity contribution in [2.24, 2.45) is 0 Å². The van der Waals surface area contributed by atoms with E-state index in [9.17, 15) is 36.2 Å². The number of ether oxygens (including phenoxy) is 1. The lowest BCUT2D eigenvalue weighted by Crippen LogP contribution is -2.71. The summed E-state index contributed by atoms with van der Waals surface area (Å²) in [6.45, 7) is 2.04. The number of carbonyl (C=O) groups is 1. The molecule has 0 aliphatic carbocycles. The highest BCUT2D eigenvalue weighted by Crippen LogP contribution is 2.41. The maximum absolute atomic E-state index is 12.0. The van der Waals surface area contributed by atoms with Crippen LogP contribution in [0.1, 0.15) is 13.8 Å². The van der Waals surface area contributed by atoms with Crippen molar-refractivity contribution in [1.82, 2.24) is 0 Å². The van der Waals surface area contributed by atoms with Gasteiger partial charge in [0.05, 0.1) is 6.10 Å². The lowest BCUT2D eigenvalue weighted by Gasteiger charge is -2.40. The Morgan fingerprint density at radius 1 is 1.06 bits per heavy atom. The molecule has 0 radical (unpaired) electrons. The van der Waals surface area contributed by atoms with Gasteiger partial charge in [0.2, 0.25) is 0 Å². The predicted octanol–water partition coefficient (Wildman–Crippen LogP) is 1.16. The van der Waals surface area contributed by atoms with Crippen LogP contribution in [0.3, 0.4) is 0 Å². The zero-order valence-corrected chi connectivity index (χ0v) is 8.07. The van der Waals surface area contributed by atoms with Crippen molar-refractivity contribution in [3.8, 4) is 0 Å². The first-order chi connectivity index (χ1) is 6.84. The zero-order valence-electron chi connectivity index (χ0n) is 8.07. The molecule has 3 nitrogen and oxygen atoms in total. The Balaban J connectivity index is 5.36. The summed E-state index contributed by atoms with van der Waals surface area (Å²) in [4.78, 5) is 10.6. The monoisotopic (exact) mass is 253 g/mol. The smallest absolute Gasteiger partial charge is 0.399 e. The summed E-state index contributed by atoms with van der Waals surface area (Å²) in [5.41, 5.74) is -5.75. The fraction of sp³-hybridized carbons (Fsp3) is 0.857. The molecular weight excluding hydrogens is 246 g/mol. The molecule has 96 valence electrons. The average Bonchev–Trinajstić information content (AvgIpc) is 1.96. The highest BCUT2D eigenvalue weighted by Gasteiger charge is 2.68. The molecule has 0 N–H and O–H groups in total. The van der Waals surface area contributed by atoms with Gasteiger partial charge in [-0.15, -0.1) is 0 Å². The molecule has 16 heavy (non-hydrogen) atoms. The first kappa shape index (κ1) is 15.0. The maximum Gasteiger partial charge on any atom is 0.399 e. The Bertz CT molecular complexity index is 252.